The van der Waals surface area contributed by atoms with E-state index in [0.29, 0.717) is 27.1 Å². The molecule has 1 amide bonds. The van der Waals surface area contributed by atoms with Crippen molar-refractivity contribution in [3.05, 3.63) is 75.7 Å². The highest BCUT2D eigenvalue weighted by molar-refractivity contribution is 6.42. The van der Waals surface area contributed by atoms with Crippen LogP contribution in [0.2, 0.25) is 10.0 Å². The number of rotatable bonds is 3. The van der Waals surface area contributed by atoms with Gasteiger partial charge in [0.2, 0.25) is 0 Å². The Morgan fingerprint density at radius 1 is 1.04 bits per heavy atom. The molecule has 0 fully saturated rings. The van der Waals surface area contributed by atoms with E-state index in [9.17, 15) is 9.18 Å². The summed E-state index contributed by atoms with van der Waals surface area (Å²) < 4.78 is 14.9. The first kappa shape index (κ1) is 19.4. The number of nitrogens with zero attached hydrogens (tertiary/aromatic N) is 2. The van der Waals surface area contributed by atoms with Crippen LogP contribution in [-0.4, -0.2) is 15.7 Å². The van der Waals surface area contributed by atoms with Gasteiger partial charge in [-0.05, 0) is 42.5 Å². The van der Waals surface area contributed by atoms with Gasteiger partial charge in [-0.15, -0.1) is 0 Å². The van der Waals surface area contributed by atoms with Crippen molar-refractivity contribution in [2.45, 2.75) is 26.2 Å². The van der Waals surface area contributed by atoms with E-state index in [2.05, 4.69) is 10.4 Å². The number of halogens is 3. The van der Waals surface area contributed by atoms with Crippen LogP contribution >= 0.6 is 23.2 Å². The number of benzene rings is 2. The quantitative estimate of drug-likeness (QED) is 0.592. The molecule has 3 aromatic rings. The molecule has 0 saturated carbocycles. The number of anilines is 1. The zero-order valence-corrected chi connectivity index (χ0v) is 16.6. The van der Waals surface area contributed by atoms with Gasteiger partial charge >= 0.3 is 0 Å². The monoisotopic (exact) mass is 405 g/mol. The number of hydrogen-bond acceptors (Lipinski definition) is 2. The SMILES string of the molecule is CC(C)(C)c1cc(NC(=O)c2ccc(Cl)c(Cl)c2)n(-c2ccc(F)cc2)n1. The van der Waals surface area contributed by atoms with E-state index in [4.69, 9.17) is 23.2 Å². The minimum Gasteiger partial charge on any atom is -0.306 e. The highest BCUT2D eigenvalue weighted by atomic mass is 35.5. The highest BCUT2D eigenvalue weighted by Crippen LogP contribution is 2.27. The van der Waals surface area contributed by atoms with Crippen molar-refractivity contribution < 1.29 is 9.18 Å². The molecule has 0 spiro atoms. The maximum atomic E-state index is 13.3. The molecule has 0 atom stereocenters. The summed E-state index contributed by atoms with van der Waals surface area (Å²) in [7, 11) is 0. The first-order chi connectivity index (χ1) is 12.6. The summed E-state index contributed by atoms with van der Waals surface area (Å²) in [5.41, 5.74) is 1.56. The lowest BCUT2D eigenvalue weighted by Crippen LogP contribution is -2.15. The Hall–Kier alpha value is -2.37. The predicted molar refractivity (Wildman–Crippen MR) is 107 cm³/mol. The number of amides is 1. The zero-order valence-electron chi connectivity index (χ0n) is 15.1. The first-order valence-corrected chi connectivity index (χ1v) is 9.03. The van der Waals surface area contributed by atoms with E-state index in [1.165, 1.54) is 18.2 Å². The minimum absolute atomic E-state index is 0.228. The van der Waals surface area contributed by atoms with Gasteiger partial charge in [0.05, 0.1) is 21.4 Å². The standard InChI is InChI=1S/C20H18Cl2FN3O/c1-20(2,3)17-11-18(26(25-17)14-7-5-13(23)6-8-14)24-19(27)12-4-9-15(21)16(22)10-12/h4-11H,1-3H3,(H,24,27). The summed E-state index contributed by atoms with van der Waals surface area (Å²) in [6.45, 7) is 6.07. The normalized spacial score (nSPS) is 11.5. The molecular weight excluding hydrogens is 388 g/mol. The lowest BCUT2D eigenvalue weighted by molar-refractivity contribution is 0.102. The lowest BCUT2D eigenvalue weighted by Gasteiger charge is -2.14. The molecule has 3 rings (SSSR count). The van der Waals surface area contributed by atoms with Gasteiger partial charge in [0.15, 0.2) is 0 Å². The smallest absolute Gasteiger partial charge is 0.256 e. The summed E-state index contributed by atoms with van der Waals surface area (Å²) in [5, 5.41) is 8.11. The predicted octanol–water partition coefficient (Wildman–Crippen LogP) is 5.87. The Morgan fingerprint density at radius 3 is 2.30 bits per heavy atom. The van der Waals surface area contributed by atoms with Crippen LogP contribution in [0.4, 0.5) is 10.2 Å². The third kappa shape index (κ3) is 4.31. The first-order valence-electron chi connectivity index (χ1n) is 8.28. The van der Waals surface area contributed by atoms with Gasteiger partial charge < -0.3 is 5.32 Å². The molecule has 0 aliphatic rings. The third-order valence-corrected chi connectivity index (χ3v) is 4.71. The fourth-order valence-corrected chi connectivity index (χ4v) is 2.74. The Balaban J connectivity index is 2.00. The molecule has 0 aliphatic heterocycles. The second-order valence-corrected chi connectivity index (χ2v) is 7.95. The topological polar surface area (TPSA) is 46.9 Å². The molecule has 4 nitrogen and oxygen atoms in total. The maximum Gasteiger partial charge on any atom is 0.256 e. The van der Waals surface area contributed by atoms with Crippen molar-refractivity contribution >= 4 is 34.9 Å². The van der Waals surface area contributed by atoms with Crippen molar-refractivity contribution in [2.24, 2.45) is 0 Å². The van der Waals surface area contributed by atoms with Crippen LogP contribution in [0.15, 0.2) is 48.5 Å². The molecule has 140 valence electrons. The Labute approximate surface area is 166 Å². The molecule has 1 N–H and O–H groups in total. The van der Waals surface area contributed by atoms with Crippen LogP contribution < -0.4 is 5.32 Å². The summed E-state index contributed by atoms with van der Waals surface area (Å²) in [6, 6.07) is 12.4. The van der Waals surface area contributed by atoms with Crippen LogP contribution in [0.1, 0.15) is 36.8 Å². The Morgan fingerprint density at radius 2 is 1.70 bits per heavy atom. The largest absolute Gasteiger partial charge is 0.306 e. The summed E-state index contributed by atoms with van der Waals surface area (Å²) >= 11 is 11.9. The second-order valence-electron chi connectivity index (χ2n) is 7.14. The zero-order chi connectivity index (χ0) is 19.8. The van der Waals surface area contributed by atoms with E-state index in [-0.39, 0.29) is 17.1 Å². The average molecular weight is 406 g/mol. The number of carbonyl (C=O) groups excluding carboxylic acids is 1. The number of aromatic nitrogens is 2. The number of nitrogens with one attached hydrogen (secondary N) is 1. The molecule has 7 heteroatoms. The van der Waals surface area contributed by atoms with Gasteiger partial charge in [-0.2, -0.15) is 5.10 Å². The molecule has 0 radical (unpaired) electrons. The fourth-order valence-electron chi connectivity index (χ4n) is 2.44. The molecule has 0 aliphatic carbocycles. The van der Waals surface area contributed by atoms with Gasteiger partial charge in [-0.3, -0.25) is 4.79 Å². The molecule has 0 saturated heterocycles. The lowest BCUT2D eigenvalue weighted by atomic mass is 9.92. The molecule has 1 heterocycles. The van der Waals surface area contributed by atoms with Gasteiger partial charge in [0.1, 0.15) is 11.6 Å². The second kappa shape index (κ2) is 7.33. The van der Waals surface area contributed by atoms with E-state index in [1.54, 1.807) is 35.0 Å². The van der Waals surface area contributed by atoms with Gasteiger partial charge in [0, 0.05) is 17.0 Å². The van der Waals surface area contributed by atoms with Crippen LogP contribution in [0.5, 0.6) is 0 Å². The van der Waals surface area contributed by atoms with E-state index in [0.717, 1.165) is 5.69 Å². The molecule has 0 unspecified atom stereocenters. The van der Waals surface area contributed by atoms with Crippen LogP contribution in [-0.2, 0) is 5.41 Å². The summed E-state index contributed by atoms with van der Waals surface area (Å²) in [5.74, 6) is -0.219. The van der Waals surface area contributed by atoms with Crippen molar-refractivity contribution in [1.82, 2.24) is 9.78 Å². The van der Waals surface area contributed by atoms with Crippen LogP contribution in [0.25, 0.3) is 5.69 Å². The minimum atomic E-state index is -0.350. The van der Waals surface area contributed by atoms with Gasteiger partial charge in [-0.25, -0.2) is 9.07 Å². The van der Waals surface area contributed by atoms with Gasteiger partial charge in [-0.1, -0.05) is 44.0 Å². The van der Waals surface area contributed by atoms with Crippen molar-refractivity contribution in [2.75, 3.05) is 5.32 Å². The van der Waals surface area contributed by atoms with E-state index < -0.39 is 0 Å². The number of hydrogen-bond donors (Lipinski definition) is 1. The van der Waals surface area contributed by atoms with Crippen LogP contribution in [0, 0.1) is 5.82 Å². The molecule has 1 aromatic heterocycles. The molecule has 27 heavy (non-hydrogen) atoms. The Kier molecular flexibility index (Phi) is 5.27. The highest BCUT2D eigenvalue weighted by Gasteiger charge is 2.22. The summed E-state index contributed by atoms with van der Waals surface area (Å²) in [6.07, 6.45) is 0. The van der Waals surface area contributed by atoms with E-state index >= 15 is 0 Å². The van der Waals surface area contributed by atoms with Crippen molar-refractivity contribution in [1.29, 1.82) is 0 Å². The maximum absolute atomic E-state index is 13.3. The number of carbonyl (C=O) groups is 1. The van der Waals surface area contributed by atoms with Crippen molar-refractivity contribution in [3.63, 3.8) is 0 Å². The van der Waals surface area contributed by atoms with Crippen molar-refractivity contribution in [3.8, 4) is 5.69 Å². The molecule has 2 aromatic carbocycles. The molecular formula is C20H18Cl2FN3O. The molecule has 0 bridgehead atoms. The summed E-state index contributed by atoms with van der Waals surface area (Å²) in [4.78, 5) is 12.7. The fraction of sp³-hybridized carbons (Fsp3) is 0.200. The van der Waals surface area contributed by atoms with E-state index in [1.807, 2.05) is 20.8 Å². The Bertz CT molecular complexity index is 991. The van der Waals surface area contributed by atoms with Crippen LogP contribution in [0.3, 0.4) is 0 Å². The third-order valence-electron chi connectivity index (χ3n) is 3.97. The average Bonchev–Trinajstić information content (AvgIpc) is 3.02. The van der Waals surface area contributed by atoms with Gasteiger partial charge in [0.25, 0.3) is 5.91 Å².